The maximum absolute atomic E-state index is 10.9. The molecule has 0 saturated heterocycles. The molecule has 2 aromatic rings. The van der Waals surface area contributed by atoms with Crippen LogP contribution in [-0.4, -0.2) is 9.91 Å². The van der Waals surface area contributed by atoms with Crippen molar-refractivity contribution in [1.29, 1.82) is 0 Å². The van der Waals surface area contributed by atoms with Gasteiger partial charge in [-0.15, -0.1) is 11.3 Å². The zero-order valence-corrected chi connectivity index (χ0v) is 11.8. The number of hydrogen-bond acceptors (Lipinski definition) is 5. The highest BCUT2D eigenvalue weighted by Gasteiger charge is 2.13. The first kappa shape index (κ1) is 13.9. The molecule has 0 saturated carbocycles. The van der Waals surface area contributed by atoms with Gasteiger partial charge in [0.15, 0.2) is 0 Å². The molecular weight excluding hydrogens is 286 g/mol. The van der Waals surface area contributed by atoms with Crippen LogP contribution in [0.3, 0.4) is 0 Å². The number of benzene rings is 1. The molecule has 7 heteroatoms. The molecule has 19 heavy (non-hydrogen) atoms. The van der Waals surface area contributed by atoms with Crippen molar-refractivity contribution in [3.05, 3.63) is 55.0 Å². The molecule has 1 heterocycles. The largest absolute Gasteiger partial charge is 0.307 e. The Balaban J connectivity index is 2.01. The number of nitrogens with zero attached hydrogens (tertiary/aromatic N) is 2. The highest BCUT2D eigenvalue weighted by atomic mass is 35.5. The third-order valence-corrected chi connectivity index (χ3v) is 3.68. The van der Waals surface area contributed by atoms with E-state index in [9.17, 15) is 10.1 Å². The fraction of sp³-hybridized carbons (Fsp3) is 0.250. The summed E-state index contributed by atoms with van der Waals surface area (Å²) in [6, 6.07) is 4.70. The van der Waals surface area contributed by atoms with Crippen LogP contribution in [0, 0.1) is 17.0 Å². The third-order valence-electron chi connectivity index (χ3n) is 2.53. The molecule has 0 amide bonds. The molecule has 1 aromatic heterocycles. The molecule has 1 N–H and O–H groups in total. The minimum Gasteiger partial charge on any atom is -0.307 e. The van der Waals surface area contributed by atoms with E-state index in [2.05, 4.69) is 10.3 Å². The van der Waals surface area contributed by atoms with Crippen LogP contribution in [0.15, 0.2) is 24.4 Å². The molecule has 2 rings (SSSR count). The van der Waals surface area contributed by atoms with E-state index in [1.165, 1.54) is 6.07 Å². The lowest BCUT2D eigenvalue weighted by molar-refractivity contribution is -0.385. The summed E-state index contributed by atoms with van der Waals surface area (Å²) in [5, 5.41) is 15.5. The van der Waals surface area contributed by atoms with Crippen molar-refractivity contribution in [3.63, 3.8) is 0 Å². The highest BCUT2D eigenvalue weighted by molar-refractivity contribution is 7.11. The summed E-state index contributed by atoms with van der Waals surface area (Å²) >= 11 is 7.37. The zero-order chi connectivity index (χ0) is 13.8. The molecule has 5 nitrogen and oxygen atoms in total. The van der Waals surface area contributed by atoms with Gasteiger partial charge in [0.25, 0.3) is 5.69 Å². The summed E-state index contributed by atoms with van der Waals surface area (Å²) in [4.78, 5) is 15.8. The van der Waals surface area contributed by atoms with Crippen LogP contribution in [0.4, 0.5) is 5.69 Å². The van der Waals surface area contributed by atoms with E-state index in [-0.39, 0.29) is 5.69 Å². The summed E-state index contributed by atoms with van der Waals surface area (Å²) < 4.78 is 0. The molecule has 100 valence electrons. The van der Waals surface area contributed by atoms with Gasteiger partial charge in [0, 0.05) is 40.8 Å². The maximum atomic E-state index is 10.9. The Labute approximate surface area is 119 Å². The number of aryl methyl sites for hydroxylation is 1. The molecule has 0 atom stereocenters. The normalized spacial score (nSPS) is 10.6. The second-order valence-electron chi connectivity index (χ2n) is 3.98. The van der Waals surface area contributed by atoms with Gasteiger partial charge in [-0.1, -0.05) is 11.6 Å². The predicted octanol–water partition coefficient (Wildman–Crippen LogP) is 3.30. The number of aromatic nitrogens is 1. The van der Waals surface area contributed by atoms with Gasteiger partial charge in [0.2, 0.25) is 0 Å². The Bertz CT molecular complexity index is 600. The molecule has 0 unspecified atom stereocenters. The summed E-state index contributed by atoms with van der Waals surface area (Å²) in [6.07, 6.45) is 1.81. The first-order valence-corrected chi connectivity index (χ1v) is 6.80. The lowest BCUT2D eigenvalue weighted by Gasteiger charge is -2.04. The number of halogens is 1. The Kier molecular flexibility index (Phi) is 4.47. The highest BCUT2D eigenvalue weighted by Crippen LogP contribution is 2.23. The van der Waals surface area contributed by atoms with Crippen LogP contribution in [0.2, 0.25) is 5.02 Å². The quantitative estimate of drug-likeness (QED) is 0.679. The molecule has 1 aromatic carbocycles. The van der Waals surface area contributed by atoms with Crippen molar-refractivity contribution in [2.24, 2.45) is 0 Å². The van der Waals surface area contributed by atoms with Crippen LogP contribution in [0.5, 0.6) is 0 Å². The first-order valence-electron chi connectivity index (χ1n) is 5.61. The standard InChI is InChI=1S/C12H12ClN3O2S/c1-8-15-7-11(19-8)6-14-5-9-2-3-10(13)4-12(9)16(17)18/h2-4,7,14H,5-6H2,1H3. The summed E-state index contributed by atoms with van der Waals surface area (Å²) in [7, 11) is 0. The molecule has 0 aliphatic rings. The van der Waals surface area contributed by atoms with Gasteiger partial charge in [0.05, 0.1) is 9.93 Å². The van der Waals surface area contributed by atoms with Crippen LogP contribution >= 0.6 is 22.9 Å². The average Bonchev–Trinajstić information content (AvgIpc) is 2.77. The van der Waals surface area contributed by atoms with E-state index >= 15 is 0 Å². The number of rotatable bonds is 5. The predicted molar refractivity (Wildman–Crippen MR) is 75.5 cm³/mol. The van der Waals surface area contributed by atoms with Gasteiger partial charge in [-0.25, -0.2) is 4.98 Å². The summed E-state index contributed by atoms with van der Waals surface area (Å²) in [5.41, 5.74) is 0.663. The fourth-order valence-electron chi connectivity index (χ4n) is 1.66. The second-order valence-corrected chi connectivity index (χ2v) is 5.74. The van der Waals surface area contributed by atoms with Crippen molar-refractivity contribution in [1.82, 2.24) is 10.3 Å². The van der Waals surface area contributed by atoms with Crippen LogP contribution in [-0.2, 0) is 13.1 Å². The van der Waals surface area contributed by atoms with E-state index < -0.39 is 4.92 Å². The van der Waals surface area contributed by atoms with E-state index in [1.807, 2.05) is 13.1 Å². The monoisotopic (exact) mass is 297 g/mol. The molecule has 0 fully saturated rings. The van der Waals surface area contributed by atoms with Gasteiger partial charge >= 0.3 is 0 Å². The fourth-order valence-corrected chi connectivity index (χ4v) is 2.59. The van der Waals surface area contributed by atoms with Gasteiger partial charge in [-0.3, -0.25) is 10.1 Å². The Morgan fingerprint density at radius 2 is 2.26 bits per heavy atom. The minimum absolute atomic E-state index is 0.0421. The summed E-state index contributed by atoms with van der Waals surface area (Å²) in [6.45, 7) is 3.01. The third kappa shape index (κ3) is 3.73. The maximum Gasteiger partial charge on any atom is 0.275 e. The Morgan fingerprint density at radius 3 is 2.89 bits per heavy atom. The van der Waals surface area contributed by atoms with Gasteiger partial charge < -0.3 is 5.32 Å². The van der Waals surface area contributed by atoms with Crippen molar-refractivity contribution in [3.8, 4) is 0 Å². The molecule has 0 radical (unpaired) electrons. The topological polar surface area (TPSA) is 68.1 Å². The number of hydrogen-bond donors (Lipinski definition) is 1. The first-order chi connectivity index (χ1) is 9.06. The zero-order valence-electron chi connectivity index (χ0n) is 10.2. The minimum atomic E-state index is -0.417. The van der Waals surface area contributed by atoms with E-state index in [0.29, 0.717) is 23.7 Å². The smallest absolute Gasteiger partial charge is 0.275 e. The van der Waals surface area contributed by atoms with Crippen molar-refractivity contribution >= 4 is 28.6 Å². The molecule has 0 bridgehead atoms. The SMILES string of the molecule is Cc1ncc(CNCc2ccc(Cl)cc2[N+](=O)[O-])s1. The number of nitrogens with one attached hydrogen (secondary N) is 1. The van der Waals surface area contributed by atoms with Crippen molar-refractivity contribution < 1.29 is 4.92 Å². The van der Waals surface area contributed by atoms with Crippen LogP contribution in [0.1, 0.15) is 15.4 Å². The number of thiazole rings is 1. The average molecular weight is 298 g/mol. The lowest BCUT2D eigenvalue weighted by Crippen LogP contribution is -2.13. The van der Waals surface area contributed by atoms with Gasteiger partial charge in [-0.05, 0) is 19.1 Å². The number of nitro groups is 1. The molecular formula is C12H12ClN3O2S. The molecule has 0 aliphatic heterocycles. The Hall–Kier alpha value is -1.50. The summed E-state index contributed by atoms with van der Waals surface area (Å²) in [5.74, 6) is 0. The van der Waals surface area contributed by atoms with Gasteiger partial charge in [0.1, 0.15) is 0 Å². The molecule has 0 aliphatic carbocycles. The van der Waals surface area contributed by atoms with Gasteiger partial charge in [-0.2, -0.15) is 0 Å². The lowest BCUT2D eigenvalue weighted by atomic mass is 10.2. The number of nitro benzene ring substituents is 1. The van der Waals surface area contributed by atoms with Crippen molar-refractivity contribution in [2.45, 2.75) is 20.0 Å². The molecule has 0 spiro atoms. The van der Waals surface area contributed by atoms with E-state index in [1.54, 1.807) is 23.5 Å². The second kappa shape index (κ2) is 6.10. The van der Waals surface area contributed by atoms with Crippen LogP contribution in [0.25, 0.3) is 0 Å². The van der Waals surface area contributed by atoms with E-state index in [4.69, 9.17) is 11.6 Å². The van der Waals surface area contributed by atoms with Crippen LogP contribution < -0.4 is 5.32 Å². The van der Waals surface area contributed by atoms with E-state index in [0.717, 1.165) is 9.88 Å². The Morgan fingerprint density at radius 1 is 1.47 bits per heavy atom. The van der Waals surface area contributed by atoms with Crippen molar-refractivity contribution in [2.75, 3.05) is 0 Å².